The van der Waals surface area contributed by atoms with E-state index in [4.69, 9.17) is 0 Å². The van der Waals surface area contributed by atoms with Crippen LogP contribution in [0.2, 0.25) is 0 Å². The number of amides is 1. The Balaban J connectivity index is 1.56. The topological polar surface area (TPSA) is 36.4 Å². The molecule has 4 aliphatic heterocycles. The molecule has 1 amide bonds. The van der Waals surface area contributed by atoms with Crippen LogP contribution >= 0.6 is 0 Å². The highest BCUT2D eigenvalue weighted by molar-refractivity contribution is 5.94. The van der Waals surface area contributed by atoms with Gasteiger partial charge in [0.1, 0.15) is 17.3 Å². The molecular formula is C22H23F2N3O. The van der Waals surface area contributed by atoms with E-state index in [1.807, 2.05) is 24.0 Å². The minimum Gasteiger partial charge on any atom is -0.332 e. The quantitative estimate of drug-likeness (QED) is 0.798. The summed E-state index contributed by atoms with van der Waals surface area (Å²) >= 11 is 0. The minimum absolute atomic E-state index is 0.0683. The number of aromatic nitrogens is 1. The van der Waals surface area contributed by atoms with Gasteiger partial charge in [-0.15, -0.1) is 0 Å². The average Bonchev–Trinajstić information content (AvgIpc) is 3.11. The average molecular weight is 383 g/mol. The zero-order valence-electron chi connectivity index (χ0n) is 15.8. The molecule has 3 atom stereocenters. The number of halogens is 2. The Kier molecular flexibility index (Phi) is 4.19. The number of hydrogen-bond acceptors (Lipinski definition) is 3. The van der Waals surface area contributed by atoms with Crippen molar-refractivity contribution in [1.29, 1.82) is 0 Å². The lowest BCUT2D eigenvalue weighted by Crippen LogP contribution is -2.60. The van der Waals surface area contributed by atoms with Crippen LogP contribution in [0.1, 0.15) is 40.4 Å². The number of carbonyl (C=O) groups excluding carboxylic acids is 1. The zero-order valence-corrected chi connectivity index (χ0v) is 15.8. The first kappa shape index (κ1) is 17.7. The van der Waals surface area contributed by atoms with Crippen LogP contribution in [0.5, 0.6) is 0 Å². The van der Waals surface area contributed by atoms with Gasteiger partial charge < -0.3 is 4.90 Å². The third-order valence-corrected chi connectivity index (χ3v) is 6.78. The molecule has 146 valence electrons. The molecule has 4 saturated heterocycles. The summed E-state index contributed by atoms with van der Waals surface area (Å²) in [5.41, 5.74) is 1.97. The van der Waals surface area contributed by atoms with E-state index in [9.17, 15) is 13.6 Å². The highest BCUT2D eigenvalue weighted by Crippen LogP contribution is 2.47. The number of carbonyl (C=O) groups is 1. The smallest absolute Gasteiger partial charge is 0.273 e. The fourth-order valence-electron chi connectivity index (χ4n) is 5.58. The van der Waals surface area contributed by atoms with Crippen molar-refractivity contribution in [3.63, 3.8) is 0 Å². The van der Waals surface area contributed by atoms with Crippen molar-refractivity contribution >= 4 is 5.91 Å². The highest BCUT2D eigenvalue weighted by Gasteiger charge is 2.55. The number of hydrogen-bond donors (Lipinski definition) is 0. The summed E-state index contributed by atoms with van der Waals surface area (Å²) < 4.78 is 27.8. The lowest BCUT2D eigenvalue weighted by atomic mass is 9.75. The molecule has 2 aromatic rings. The minimum atomic E-state index is -0.562. The normalized spacial score (nSPS) is 31.1. The number of nitrogens with zero attached hydrogens (tertiary/aromatic N) is 3. The first-order chi connectivity index (χ1) is 13.5. The van der Waals surface area contributed by atoms with Gasteiger partial charge in [-0.2, -0.15) is 0 Å². The van der Waals surface area contributed by atoms with Gasteiger partial charge in [-0.25, -0.2) is 8.78 Å². The molecule has 6 heteroatoms. The summed E-state index contributed by atoms with van der Waals surface area (Å²) in [7, 11) is 0. The molecule has 0 aliphatic carbocycles. The number of likely N-dealkylation sites (tertiary alicyclic amines) is 1. The summed E-state index contributed by atoms with van der Waals surface area (Å²) in [6.45, 7) is 4.35. The predicted octanol–water partition coefficient (Wildman–Crippen LogP) is 3.37. The maximum absolute atomic E-state index is 13.9. The standard InChI is InChI=1S/C22H23F2N3O/c1-13-3-2-6-25-19(13)22(28)27-12-18(15-9-16(23)11-17(24)10-15)21-20(27)14-4-7-26(21)8-5-14/h2-3,6,9-11,14,18,20-21H,4-5,7-8,12H2,1H3/t18-,20-,21-/m1/s1. The summed E-state index contributed by atoms with van der Waals surface area (Å²) in [5, 5.41) is 0. The summed E-state index contributed by atoms with van der Waals surface area (Å²) in [6.07, 6.45) is 3.77. The SMILES string of the molecule is Cc1cccnc1C(=O)N1C[C@H](c2cc(F)cc(F)c2)[C@@H]2[C@H]1C1CCN2CC1. The molecule has 4 aliphatic rings. The zero-order chi connectivity index (χ0) is 19.4. The number of piperidine rings is 3. The Morgan fingerprint density at radius 3 is 2.50 bits per heavy atom. The van der Waals surface area contributed by atoms with E-state index in [0.717, 1.165) is 37.6 Å². The van der Waals surface area contributed by atoms with Crippen LogP contribution in [0.25, 0.3) is 0 Å². The van der Waals surface area contributed by atoms with Gasteiger partial charge in [-0.05, 0) is 68.1 Å². The first-order valence-corrected chi connectivity index (χ1v) is 9.95. The Morgan fingerprint density at radius 1 is 1.11 bits per heavy atom. The molecule has 0 saturated carbocycles. The number of fused-ring (bicyclic) bond motifs is 2. The van der Waals surface area contributed by atoms with Gasteiger partial charge in [0.25, 0.3) is 5.91 Å². The molecule has 0 N–H and O–H groups in total. The Labute approximate surface area is 163 Å². The van der Waals surface area contributed by atoms with E-state index < -0.39 is 11.6 Å². The van der Waals surface area contributed by atoms with Crippen molar-refractivity contribution in [1.82, 2.24) is 14.8 Å². The van der Waals surface area contributed by atoms with Crippen molar-refractivity contribution in [2.24, 2.45) is 5.92 Å². The van der Waals surface area contributed by atoms with Crippen LogP contribution in [0.3, 0.4) is 0 Å². The molecule has 0 unspecified atom stereocenters. The van der Waals surface area contributed by atoms with Crippen molar-refractivity contribution in [2.45, 2.75) is 37.8 Å². The lowest BCUT2D eigenvalue weighted by molar-refractivity contribution is -0.00363. The molecule has 1 aromatic carbocycles. The van der Waals surface area contributed by atoms with Gasteiger partial charge in [-0.1, -0.05) is 6.07 Å². The number of aryl methyl sites for hydroxylation is 1. The maximum atomic E-state index is 13.9. The Hall–Kier alpha value is -2.34. The molecular weight excluding hydrogens is 360 g/mol. The van der Waals surface area contributed by atoms with E-state index in [2.05, 4.69) is 9.88 Å². The summed E-state index contributed by atoms with van der Waals surface area (Å²) in [5.74, 6) is -0.848. The van der Waals surface area contributed by atoms with Crippen LogP contribution < -0.4 is 0 Å². The predicted molar refractivity (Wildman–Crippen MR) is 101 cm³/mol. The summed E-state index contributed by atoms with van der Waals surface area (Å²) in [6, 6.07) is 7.66. The van der Waals surface area contributed by atoms with Crippen molar-refractivity contribution in [3.05, 3.63) is 65.0 Å². The molecule has 4 fully saturated rings. The molecule has 6 rings (SSSR count). The van der Waals surface area contributed by atoms with Crippen LogP contribution in [0.4, 0.5) is 8.78 Å². The first-order valence-electron chi connectivity index (χ1n) is 9.95. The number of rotatable bonds is 2. The van der Waals surface area contributed by atoms with Gasteiger partial charge in [-0.3, -0.25) is 14.7 Å². The molecule has 2 bridgehead atoms. The van der Waals surface area contributed by atoms with Crippen molar-refractivity contribution in [3.8, 4) is 0 Å². The highest BCUT2D eigenvalue weighted by atomic mass is 19.1. The lowest BCUT2D eigenvalue weighted by Gasteiger charge is -2.51. The van der Waals surface area contributed by atoms with Crippen LogP contribution in [0.15, 0.2) is 36.5 Å². The number of benzene rings is 1. The fourth-order valence-corrected chi connectivity index (χ4v) is 5.58. The largest absolute Gasteiger partial charge is 0.332 e. The van der Waals surface area contributed by atoms with Crippen molar-refractivity contribution < 1.29 is 13.6 Å². The van der Waals surface area contributed by atoms with Crippen molar-refractivity contribution in [2.75, 3.05) is 19.6 Å². The second-order valence-corrected chi connectivity index (χ2v) is 8.29. The molecule has 1 aromatic heterocycles. The van der Waals surface area contributed by atoms with Crippen LogP contribution in [0, 0.1) is 24.5 Å². The molecule has 28 heavy (non-hydrogen) atoms. The van der Waals surface area contributed by atoms with E-state index in [1.165, 1.54) is 12.1 Å². The van der Waals surface area contributed by atoms with Gasteiger partial charge >= 0.3 is 0 Å². The third kappa shape index (κ3) is 2.73. The molecule has 5 heterocycles. The second kappa shape index (κ2) is 6.62. The van der Waals surface area contributed by atoms with E-state index in [-0.39, 0.29) is 23.9 Å². The Bertz CT molecular complexity index is 905. The second-order valence-electron chi connectivity index (χ2n) is 8.29. The van der Waals surface area contributed by atoms with Gasteiger partial charge in [0.05, 0.1) is 6.04 Å². The van der Waals surface area contributed by atoms with Gasteiger partial charge in [0.15, 0.2) is 0 Å². The number of pyridine rings is 1. The van der Waals surface area contributed by atoms with E-state index >= 15 is 0 Å². The van der Waals surface area contributed by atoms with Gasteiger partial charge in [0.2, 0.25) is 0 Å². The van der Waals surface area contributed by atoms with Gasteiger partial charge in [0, 0.05) is 30.8 Å². The molecule has 0 spiro atoms. The fraction of sp³-hybridized carbons (Fsp3) is 0.455. The maximum Gasteiger partial charge on any atom is 0.273 e. The molecule has 4 nitrogen and oxygen atoms in total. The van der Waals surface area contributed by atoms with E-state index in [0.29, 0.717) is 23.7 Å². The monoisotopic (exact) mass is 383 g/mol. The van der Waals surface area contributed by atoms with E-state index in [1.54, 1.807) is 6.20 Å². The third-order valence-electron chi connectivity index (χ3n) is 6.78. The van der Waals surface area contributed by atoms with Crippen LogP contribution in [-0.4, -0.2) is 52.4 Å². The summed E-state index contributed by atoms with van der Waals surface area (Å²) in [4.78, 5) is 22.1. The van der Waals surface area contributed by atoms with Crippen LogP contribution in [-0.2, 0) is 0 Å². The molecule has 0 radical (unpaired) electrons. The Morgan fingerprint density at radius 2 is 1.82 bits per heavy atom.